The Bertz CT molecular complexity index is 441. The van der Waals surface area contributed by atoms with Gasteiger partial charge in [0.1, 0.15) is 5.82 Å². The van der Waals surface area contributed by atoms with Gasteiger partial charge in [0.05, 0.1) is 4.47 Å². The van der Waals surface area contributed by atoms with Crippen LogP contribution in [0, 0.1) is 5.82 Å². The fourth-order valence-corrected chi connectivity index (χ4v) is 2.44. The van der Waals surface area contributed by atoms with Gasteiger partial charge >= 0.3 is 0 Å². The molecule has 0 spiro atoms. The Balaban J connectivity index is 1.93. The first kappa shape index (κ1) is 12.4. The number of halogens is 2. The van der Waals surface area contributed by atoms with Crippen LogP contribution >= 0.6 is 15.9 Å². The average molecular weight is 300 g/mol. The first-order chi connectivity index (χ1) is 8.10. The summed E-state index contributed by atoms with van der Waals surface area (Å²) in [5.41, 5.74) is 6.76. The number of nitrogens with one attached hydrogen (secondary N) is 1. The lowest BCUT2D eigenvalue weighted by atomic mass is 9.76. The molecule has 0 radical (unpaired) electrons. The Morgan fingerprint density at radius 2 is 2.24 bits per heavy atom. The van der Waals surface area contributed by atoms with Gasteiger partial charge in [0.25, 0.3) is 0 Å². The predicted molar refractivity (Wildman–Crippen MR) is 70.5 cm³/mol. The highest BCUT2D eigenvalue weighted by Gasteiger charge is 2.30. The van der Waals surface area contributed by atoms with E-state index in [1.54, 1.807) is 7.05 Å². The molecule has 1 aliphatic rings. The Labute approximate surface area is 108 Å². The van der Waals surface area contributed by atoms with E-state index in [0.717, 1.165) is 12.8 Å². The standard InChI is InChI=1S/C12H15BrFN3/c1-16-12(15)17-9-4-8(5-9)7-2-3-11(14)10(13)6-7/h2-3,6,8-9H,4-5H2,1H3,(H3,15,16,17). The van der Waals surface area contributed by atoms with Gasteiger partial charge in [-0.05, 0) is 52.4 Å². The number of hydrogen-bond donors (Lipinski definition) is 2. The molecule has 3 nitrogen and oxygen atoms in total. The van der Waals surface area contributed by atoms with Gasteiger partial charge in [0, 0.05) is 13.1 Å². The van der Waals surface area contributed by atoms with Gasteiger partial charge in [0.15, 0.2) is 5.96 Å². The summed E-state index contributed by atoms with van der Waals surface area (Å²) in [6.45, 7) is 0. The summed E-state index contributed by atoms with van der Waals surface area (Å²) in [6.07, 6.45) is 2.02. The van der Waals surface area contributed by atoms with E-state index in [0.29, 0.717) is 22.4 Å². The van der Waals surface area contributed by atoms with Crippen molar-refractivity contribution in [2.75, 3.05) is 7.05 Å². The van der Waals surface area contributed by atoms with Crippen LogP contribution in [-0.4, -0.2) is 19.0 Å². The second-order valence-electron chi connectivity index (χ2n) is 4.29. The van der Waals surface area contributed by atoms with Crippen molar-refractivity contribution in [2.24, 2.45) is 10.7 Å². The zero-order valence-corrected chi connectivity index (χ0v) is 11.2. The highest BCUT2D eigenvalue weighted by molar-refractivity contribution is 9.10. The van der Waals surface area contributed by atoms with Gasteiger partial charge in [-0.15, -0.1) is 0 Å². The molecule has 92 valence electrons. The van der Waals surface area contributed by atoms with E-state index in [1.165, 1.54) is 11.6 Å². The highest BCUT2D eigenvalue weighted by atomic mass is 79.9. The summed E-state index contributed by atoms with van der Waals surface area (Å²) in [5.74, 6) is 0.743. The Morgan fingerprint density at radius 1 is 1.53 bits per heavy atom. The van der Waals surface area contributed by atoms with Crippen molar-refractivity contribution in [2.45, 2.75) is 24.8 Å². The van der Waals surface area contributed by atoms with Crippen LogP contribution in [0.15, 0.2) is 27.7 Å². The third kappa shape index (κ3) is 2.77. The monoisotopic (exact) mass is 299 g/mol. The zero-order valence-electron chi connectivity index (χ0n) is 9.58. The van der Waals surface area contributed by atoms with Crippen LogP contribution in [0.25, 0.3) is 0 Å². The fourth-order valence-electron chi connectivity index (χ4n) is 2.05. The molecule has 0 bridgehead atoms. The first-order valence-electron chi connectivity index (χ1n) is 5.54. The number of aliphatic imine (C=N–C) groups is 1. The lowest BCUT2D eigenvalue weighted by Gasteiger charge is -2.36. The lowest BCUT2D eigenvalue weighted by Crippen LogP contribution is -2.46. The number of nitrogens with zero attached hydrogens (tertiary/aromatic N) is 1. The normalized spacial score (nSPS) is 24.3. The summed E-state index contributed by atoms with van der Waals surface area (Å²) in [4.78, 5) is 3.86. The van der Waals surface area contributed by atoms with E-state index >= 15 is 0 Å². The number of rotatable bonds is 2. The van der Waals surface area contributed by atoms with Crippen molar-refractivity contribution in [3.05, 3.63) is 34.1 Å². The highest BCUT2D eigenvalue weighted by Crippen LogP contribution is 2.37. The first-order valence-corrected chi connectivity index (χ1v) is 6.33. The summed E-state index contributed by atoms with van der Waals surface area (Å²) < 4.78 is 13.6. The molecule has 0 unspecified atom stereocenters. The van der Waals surface area contributed by atoms with E-state index in [9.17, 15) is 4.39 Å². The van der Waals surface area contributed by atoms with Crippen LogP contribution in [0.3, 0.4) is 0 Å². The molecule has 5 heteroatoms. The molecule has 1 fully saturated rings. The van der Waals surface area contributed by atoms with Crippen LogP contribution < -0.4 is 11.1 Å². The molecular weight excluding hydrogens is 285 g/mol. The van der Waals surface area contributed by atoms with Crippen LogP contribution in [-0.2, 0) is 0 Å². The van der Waals surface area contributed by atoms with Crippen LogP contribution in [0.2, 0.25) is 0 Å². The van der Waals surface area contributed by atoms with Crippen molar-refractivity contribution in [1.29, 1.82) is 0 Å². The van der Waals surface area contributed by atoms with Crippen molar-refractivity contribution >= 4 is 21.9 Å². The van der Waals surface area contributed by atoms with E-state index in [4.69, 9.17) is 5.73 Å². The minimum Gasteiger partial charge on any atom is -0.370 e. The molecule has 1 aromatic rings. The van der Waals surface area contributed by atoms with Crippen LogP contribution in [0.4, 0.5) is 4.39 Å². The smallest absolute Gasteiger partial charge is 0.188 e. The fraction of sp³-hybridized carbons (Fsp3) is 0.417. The minimum atomic E-state index is -0.217. The summed E-state index contributed by atoms with van der Waals surface area (Å²) in [7, 11) is 1.66. The van der Waals surface area contributed by atoms with Crippen molar-refractivity contribution in [3.8, 4) is 0 Å². The van der Waals surface area contributed by atoms with E-state index in [1.807, 2.05) is 12.1 Å². The predicted octanol–water partition coefficient (Wildman–Crippen LogP) is 2.37. The third-order valence-corrected chi connectivity index (χ3v) is 3.75. The lowest BCUT2D eigenvalue weighted by molar-refractivity contribution is 0.323. The maximum absolute atomic E-state index is 13.1. The second kappa shape index (κ2) is 5.04. The van der Waals surface area contributed by atoms with E-state index in [2.05, 4.69) is 26.2 Å². The third-order valence-electron chi connectivity index (χ3n) is 3.15. The zero-order chi connectivity index (χ0) is 12.4. The Kier molecular flexibility index (Phi) is 3.66. The molecule has 0 atom stereocenters. The number of hydrogen-bond acceptors (Lipinski definition) is 1. The molecule has 1 aliphatic carbocycles. The van der Waals surface area contributed by atoms with Crippen LogP contribution in [0.1, 0.15) is 24.3 Å². The number of guanidine groups is 1. The molecule has 17 heavy (non-hydrogen) atoms. The average Bonchev–Trinajstić information content (AvgIpc) is 2.26. The van der Waals surface area contributed by atoms with Gasteiger partial charge in [-0.1, -0.05) is 6.07 Å². The van der Waals surface area contributed by atoms with Gasteiger partial charge in [-0.3, -0.25) is 4.99 Å². The summed E-state index contributed by atoms with van der Waals surface area (Å²) in [6, 6.07) is 5.58. The van der Waals surface area contributed by atoms with Crippen LogP contribution in [0.5, 0.6) is 0 Å². The number of benzene rings is 1. The van der Waals surface area contributed by atoms with Gasteiger partial charge < -0.3 is 11.1 Å². The SMILES string of the molecule is CN=C(N)NC1CC(c2ccc(F)c(Br)c2)C1. The molecule has 0 amide bonds. The molecule has 3 N–H and O–H groups in total. The maximum atomic E-state index is 13.1. The Hall–Kier alpha value is -1.10. The van der Waals surface area contributed by atoms with Gasteiger partial charge in [0.2, 0.25) is 0 Å². The molecule has 0 aromatic heterocycles. The second-order valence-corrected chi connectivity index (χ2v) is 5.15. The topological polar surface area (TPSA) is 50.4 Å². The molecule has 0 saturated heterocycles. The summed E-state index contributed by atoms with van der Waals surface area (Å²) >= 11 is 3.20. The van der Waals surface area contributed by atoms with Crippen molar-refractivity contribution in [1.82, 2.24) is 5.32 Å². The summed E-state index contributed by atoms with van der Waals surface area (Å²) in [5, 5.41) is 3.13. The molecule has 0 aliphatic heterocycles. The molecule has 1 saturated carbocycles. The van der Waals surface area contributed by atoms with Crippen molar-refractivity contribution < 1.29 is 4.39 Å². The maximum Gasteiger partial charge on any atom is 0.188 e. The van der Waals surface area contributed by atoms with E-state index in [-0.39, 0.29) is 5.82 Å². The minimum absolute atomic E-state index is 0.217. The van der Waals surface area contributed by atoms with E-state index < -0.39 is 0 Å². The van der Waals surface area contributed by atoms with Crippen molar-refractivity contribution in [3.63, 3.8) is 0 Å². The number of nitrogens with two attached hydrogens (primary N) is 1. The van der Waals surface area contributed by atoms with Gasteiger partial charge in [-0.25, -0.2) is 4.39 Å². The largest absolute Gasteiger partial charge is 0.370 e. The Morgan fingerprint density at radius 3 is 2.82 bits per heavy atom. The van der Waals surface area contributed by atoms with Gasteiger partial charge in [-0.2, -0.15) is 0 Å². The molecular formula is C12H15BrFN3. The molecule has 2 rings (SSSR count). The molecule has 1 aromatic carbocycles. The quantitative estimate of drug-likeness (QED) is 0.651. The molecule has 0 heterocycles.